The SMILES string of the molecule is O=C(NC1CC=C(Nc2cc(C(F)(F)F)nc3ccccc23)CC1)c1cccc(F)c1Cl. The number of anilines is 1. The molecule has 166 valence electrons. The summed E-state index contributed by atoms with van der Waals surface area (Å²) in [5, 5.41) is 6.27. The molecule has 32 heavy (non-hydrogen) atoms. The number of alkyl halides is 3. The molecule has 1 amide bonds. The van der Waals surface area contributed by atoms with Gasteiger partial charge in [0.25, 0.3) is 5.91 Å². The summed E-state index contributed by atoms with van der Waals surface area (Å²) in [6.07, 6.45) is -1.18. The van der Waals surface area contributed by atoms with Gasteiger partial charge in [0, 0.05) is 22.8 Å². The first kappa shape index (κ1) is 22.1. The number of nitrogens with one attached hydrogen (secondary N) is 2. The summed E-state index contributed by atoms with van der Waals surface area (Å²) < 4.78 is 53.4. The molecule has 1 atom stereocenters. The van der Waals surface area contributed by atoms with E-state index in [1.54, 1.807) is 18.2 Å². The molecule has 0 radical (unpaired) electrons. The molecule has 9 heteroatoms. The fourth-order valence-corrected chi connectivity index (χ4v) is 3.83. The van der Waals surface area contributed by atoms with Crippen molar-refractivity contribution in [3.8, 4) is 0 Å². The maximum Gasteiger partial charge on any atom is 0.433 e. The van der Waals surface area contributed by atoms with Crippen molar-refractivity contribution in [1.29, 1.82) is 0 Å². The molecule has 3 aromatic rings. The van der Waals surface area contributed by atoms with Crippen LogP contribution in [0.2, 0.25) is 5.02 Å². The zero-order chi connectivity index (χ0) is 22.9. The summed E-state index contributed by atoms with van der Waals surface area (Å²) in [6.45, 7) is 0. The Balaban J connectivity index is 1.49. The number of carbonyl (C=O) groups is 1. The third-order valence-electron chi connectivity index (χ3n) is 5.24. The van der Waals surface area contributed by atoms with Gasteiger partial charge in [0.2, 0.25) is 0 Å². The van der Waals surface area contributed by atoms with Crippen LogP contribution >= 0.6 is 11.6 Å². The molecule has 0 saturated heterocycles. The quantitative estimate of drug-likeness (QED) is 0.445. The topological polar surface area (TPSA) is 54.0 Å². The van der Waals surface area contributed by atoms with Gasteiger partial charge in [0.1, 0.15) is 11.5 Å². The molecule has 0 bridgehead atoms. The van der Waals surface area contributed by atoms with Crippen molar-refractivity contribution in [2.75, 3.05) is 5.32 Å². The van der Waals surface area contributed by atoms with Gasteiger partial charge in [0.15, 0.2) is 0 Å². The highest BCUT2D eigenvalue weighted by Gasteiger charge is 2.33. The largest absolute Gasteiger partial charge is 0.433 e. The standard InChI is InChI=1S/C23H18ClF4N3O/c24-21-16(5-3-6-17(21)25)22(32)30-14-10-8-13(9-11-14)29-19-12-20(23(26,27)28)31-18-7-2-1-4-15(18)19/h1-8,12,14H,9-11H2,(H,29,31)(H,30,32). The Morgan fingerprint density at radius 1 is 1.12 bits per heavy atom. The lowest BCUT2D eigenvalue weighted by Gasteiger charge is -2.24. The lowest BCUT2D eigenvalue weighted by atomic mass is 9.98. The Kier molecular flexibility index (Phi) is 6.06. The van der Waals surface area contributed by atoms with Crippen LogP contribution in [0.15, 0.2) is 60.3 Å². The van der Waals surface area contributed by atoms with Crippen LogP contribution in [-0.2, 0) is 6.18 Å². The number of halogens is 5. The number of hydrogen-bond donors (Lipinski definition) is 2. The van der Waals surface area contributed by atoms with Crippen LogP contribution in [0.25, 0.3) is 10.9 Å². The van der Waals surface area contributed by atoms with Gasteiger partial charge in [-0.2, -0.15) is 13.2 Å². The van der Waals surface area contributed by atoms with Crippen molar-refractivity contribution in [2.24, 2.45) is 0 Å². The van der Waals surface area contributed by atoms with Crippen molar-refractivity contribution in [3.63, 3.8) is 0 Å². The molecule has 1 aromatic heterocycles. The molecule has 1 unspecified atom stereocenters. The molecule has 1 heterocycles. The summed E-state index contributed by atoms with van der Waals surface area (Å²) in [7, 11) is 0. The third kappa shape index (κ3) is 4.70. The Hall–Kier alpha value is -3.13. The van der Waals surface area contributed by atoms with E-state index in [4.69, 9.17) is 11.6 Å². The Morgan fingerprint density at radius 2 is 1.91 bits per heavy atom. The van der Waals surface area contributed by atoms with Gasteiger partial charge in [-0.05, 0) is 43.5 Å². The number of hydrogen-bond acceptors (Lipinski definition) is 3. The average molecular weight is 464 g/mol. The van der Waals surface area contributed by atoms with E-state index in [1.807, 2.05) is 6.08 Å². The van der Waals surface area contributed by atoms with Crippen LogP contribution in [0.3, 0.4) is 0 Å². The predicted molar refractivity (Wildman–Crippen MR) is 115 cm³/mol. The first-order valence-electron chi connectivity index (χ1n) is 9.90. The minimum absolute atomic E-state index is 0.0579. The first-order valence-corrected chi connectivity index (χ1v) is 10.3. The Bertz CT molecular complexity index is 1210. The zero-order valence-corrected chi connectivity index (χ0v) is 17.4. The number of pyridine rings is 1. The van der Waals surface area contributed by atoms with E-state index in [0.717, 1.165) is 11.8 Å². The van der Waals surface area contributed by atoms with E-state index in [2.05, 4.69) is 15.6 Å². The maximum atomic E-state index is 13.6. The number of fused-ring (bicyclic) bond motifs is 1. The highest BCUT2D eigenvalue weighted by atomic mass is 35.5. The Labute approximate surface area is 186 Å². The van der Waals surface area contributed by atoms with E-state index in [1.165, 1.54) is 24.3 Å². The van der Waals surface area contributed by atoms with Gasteiger partial charge in [-0.3, -0.25) is 4.79 Å². The number of aromatic nitrogens is 1. The molecule has 0 spiro atoms. The minimum atomic E-state index is -4.56. The van der Waals surface area contributed by atoms with Gasteiger partial charge in [-0.25, -0.2) is 9.37 Å². The monoisotopic (exact) mass is 463 g/mol. The minimum Gasteiger partial charge on any atom is -0.359 e. The fourth-order valence-electron chi connectivity index (χ4n) is 3.62. The lowest BCUT2D eigenvalue weighted by molar-refractivity contribution is -0.140. The number of rotatable bonds is 4. The second-order valence-corrected chi connectivity index (χ2v) is 7.85. The first-order chi connectivity index (χ1) is 15.2. The average Bonchev–Trinajstić information content (AvgIpc) is 2.76. The number of allylic oxidation sites excluding steroid dienone is 1. The van der Waals surface area contributed by atoms with Crippen molar-refractivity contribution in [1.82, 2.24) is 10.3 Å². The second kappa shape index (κ2) is 8.78. The molecule has 4 rings (SSSR count). The third-order valence-corrected chi connectivity index (χ3v) is 5.63. The van der Waals surface area contributed by atoms with Gasteiger partial charge < -0.3 is 10.6 Å². The molecule has 0 saturated carbocycles. The van der Waals surface area contributed by atoms with E-state index in [9.17, 15) is 22.4 Å². The normalized spacial score (nSPS) is 16.5. The molecular formula is C23H18ClF4N3O. The number of para-hydroxylation sites is 1. The summed E-state index contributed by atoms with van der Waals surface area (Å²) in [5.41, 5.74) is 0.417. The van der Waals surface area contributed by atoms with Gasteiger partial charge in [-0.15, -0.1) is 0 Å². The molecule has 0 aliphatic heterocycles. The van der Waals surface area contributed by atoms with E-state index >= 15 is 0 Å². The van der Waals surface area contributed by atoms with Crippen molar-refractivity contribution in [3.05, 3.63) is 82.4 Å². The second-order valence-electron chi connectivity index (χ2n) is 7.47. The lowest BCUT2D eigenvalue weighted by Crippen LogP contribution is -2.36. The van der Waals surface area contributed by atoms with Crippen LogP contribution in [0.5, 0.6) is 0 Å². The number of benzene rings is 2. The highest BCUT2D eigenvalue weighted by molar-refractivity contribution is 6.34. The van der Waals surface area contributed by atoms with E-state index < -0.39 is 23.6 Å². The molecule has 2 aromatic carbocycles. The van der Waals surface area contributed by atoms with Gasteiger partial charge >= 0.3 is 6.18 Å². The molecule has 0 fully saturated rings. The van der Waals surface area contributed by atoms with Gasteiger partial charge in [-0.1, -0.05) is 41.9 Å². The van der Waals surface area contributed by atoms with Crippen LogP contribution in [0.1, 0.15) is 35.3 Å². The zero-order valence-electron chi connectivity index (χ0n) is 16.6. The predicted octanol–water partition coefficient (Wildman–Crippen LogP) is 6.32. The van der Waals surface area contributed by atoms with Crippen molar-refractivity contribution >= 4 is 34.1 Å². The van der Waals surface area contributed by atoms with Crippen LogP contribution < -0.4 is 10.6 Å². The van der Waals surface area contributed by atoms with Crippen LogP contribution in [-0.4, -0.2) is 16.9 Å². The van der Waals surface area contributed by atoms with Crippen LogP contribution in [0.4, 0.5) is 23.2 Å². The summed E-state index contributed by atoms with van der Waals surface area (Å²) >= 11 is 5.87. The van der Waals surface area contributed by atoms with Crippen LogP contribution in [0, 0.1) is 5.82 Å². The fraction of sp³-hybridized carbons (Fsp3) is 0.217. The highest BCUT2D eigenvalue weighted by Crippen LogP contribution is 2.34. The Morgan fingerprint density at radius 3 is 2.62 bits per heavy atom. The molecule has 4 nitrogen and oxygen atoms in total. The summed E-state index contributed by atoms with van der Waals surface area (Å²) in [4.78, 5) is 16.1. The van der Waals surface area contributed by atoms with Crippen molar-refractivity contribution < 1.29 is 22.4 Å². The number of carbonyl (C=O) groups excluding carboxylic acids is 1. The number of nitrogens with zero attached hydrogens (tertiary/aromatic N) is 1. The van der Waals surface area contributed by atoms with Crippen molar-refractivity contribution in [2.45, 2.75) is 31.5 Å². The summed E-state index contributed by atoms with van der Waals surface area (Å²) in [5.74, 6) is -1.14. The number of amides is 1. The summed E-state index contributed by atoms with van der Waals surface area (Å²) in [6, 6.07) is 11.4. The molecule has 1 aliphatic carbocycles. The molecule has 2 N–H and O–H groups in total. The van der Waals surface area contributed by atoms with E-state index in [0.29, 0.717) is 30.3 Å². The smallest absolute Gasteiger partial charge is 0.359 e. The maximum absolute atomic E-state index is 13.6. The van der Waals surface area contributed by atoms with Gasteiger partial charge in [0.05, 0.1) is 16.1 Å². The van der Waals surface area contributed by atoms with E-state index in [-0.39, 0.29) is 22.1 Å². The molecular weight excluding hydrogens is 446 g/mol. The molecule has 1 aliphatic rings.